The van der Waals surface area contributed by atoms with Crippen LogP contribution in [0.4, 0.5) is 0 Å². The maximum Gasteiger partial charge on any atom is 0.241 e. The number of sulfonamides is 1. The second-order valence-electron chi connectivity index (χ2n) is 5.66. The Morgan fingerprint density at radius 2 is 1.91 bits per heavy atom. The molecule has 2 aromatic carbocycles. The summed E-state index contributed by atoms with van der Waals surface area (Å²) in [6.45, 7) is 0.271. The summed E-state index contributed by atoms with van der Waals surface area (Å²) in [7, 11) is -2.03. The van der Waals surface area contributed by atoms with Crippen LogP contribution in [0.25, 0.3) is 10.8 Å². The highest BCUT2D eigenvalue weighted by Crippen LogP contribution is 2.32. The predicted octanol–water partition coefficient (Wildman–Crippen LogP) is 1.86. The van der Waals surface area contributed by atoms with Crippen LogP contribution >= 0.6 is 0 Å². The Bertz CT molecular complexity index is 785. The zero-order valence-electron chi connectivity index (χ0n) is 12.5. The third-order valence-corrected chi connectivity index (χ3v) is 5.57. The molecule has 3 N–H and O–H groups in total. The van der Waals surface area contributed by atoms with Crippen molar-refractivity contribution in [3.8, 4) is 5.75 Å². The number of benzene rings is 2. The topological polar surface area (TPSA) is 81.4 Å². The van der Waals surface area contributed by atoms with Gasteiger partial charge in [0.15, 0.2) is 0 Å². The Labute approximate surface area is 130 Å². The van der Waals surface area contributed by atoms with E-state index in [0.29, 0.717) is 17.1 Å². The van der Waals surface area contributed by atoms with Gasteiger partial charge in [0.2, 0.25) is 10.0 Å². The van der Waals surface area contributed by atoms with E-state index in [-0.39, 0.29) is 17.5 Å². The van der Waals surface area contributed by atoms with Gasteiger partial charge in [-0.3, -0.25) is 0 Å². The van der Waals surface area contributed by atoms with Gasteiger partial charge in [-0.2, -0.15) is 0 Å². The summed E-state index contributed by atoms with van der Waals surface area (Å²) in [5.74, 6) is 1.11. The number of rotatable bonds is 6. The molecule has 1 fully saturated rings. The number of ether oxygens (including phenoxy) is 1. The SMILES string of the molecule is COc1ccc(S(=O)(=O)NCC(N)C2CC2)c2ccccc12. The van der Waals surface area contributed by atoms with E-state index in [1.54, 1.807) is 25.3 Å². The van der Waals surface area contributed by atoms with Crippen molar-refractivity contribution in [2.24, 2.45) is 11.7 Å². The van der Waals surface area contributed by atoms with Gasteiger partial charge in [-0.15, -0.1) is 0 Å². The fourth-order valence-corrected chi connectivity index (χ4v) is 3.91. The minimum atomic E-state index is -3.60. The summed E-state index contributed by atoms with van der Waals surface area (Å²) in [5, 5.41) is 1.42. The van der Waals surface area contributed by atoms with Crippen molar-refractivity contribution >= 4 is 20.8 Å². The molecule has 0 aliphatic heterocycles. The van der Waals surface area contributed by atoms with Crippen LogP contribution in [0.15, 0.2) is 41.3 Å². The molecular formula is C16H20N2O3S. The molecule has 0 amide bonds. The minimum Gasteiger partial charge on any atom is -0.496 e. The van der Waals surface area contributed by atoms with Crippen LogP contribution in [0.3, 0.4) is 0 Å². The highest BCUT2D eigenvalue weighted by atomic mass is 32.2. The van der Waals surface area contributed by atoms with E-state index in [0.717, 1.165) is 18.2 Å². The number of nitrogens with two attached hydrogens (primary N) is 1. The largest absolute Gasteiger partial charge is 0.496 e. The molecule has 1 unspecified atom stereocenters. The van der Waals surface area contributed by atoms with Crippen molar-refractivity contribution in [1.29, 1.82) is 0 Å². The lowest BCUT2D eigenvalue weighted by atomic mass is 10.1. The van der Waals surface area contributed by atoms with E-state index in [1.165, 1.54) is 0 Å². The smallest absolute Gasteiger partial charge is 0.241 e. The van der Waals surface area contributed by atoms with Gasteiger partial charge in [-0.1, -0.05) is 24.3 Å². The lowest BCUT2D eigenvalue weighted by Crippen LogP contribution is -2.38. The molecule has 0 spiro atoms. The maximum atomic E-state index is 12.6. The maximum absolute atomic E-state index is 12.6. The quantitative estimate of drug-likeness (QED) is 0.851. The van der Waals surface area contributed by atoms with Crippen LogP contribution in [0.5, 0.6) is 5.75 Å². The third kappa shape index (κ3) is 2.95. The number of nitrogens with one attached hydrogen (secondary N) is 1. The zero-order valence-corrected chi connectivity index (χ0v) is 13.3. The lowest BCUT2D eigenvalue weighted by Gasteiger charge is -2.14. The monoisotopic (exact) mass is 320 g/mol. The standard InChI is InChI=1S/C16H20N2O3S/c1-21-15-8-9-16(13-5-3-2-4-12(13)15)22(19,20)18-10-14(17)11-6-7-11/h2-5,8-9,11,14,18H,6-7,10,17H2,1H3. The molecule has 0 radical (unpaired) electrons. The minimum absolute atomic E-state index is 0.112. The fraction of sp³-hybridized carbons (Fsp3) is 0.375. The van der Waals surface area contributed by atoms with Gasteiger partial charge in [0, 0.05) is 23.4 Å². The van der Waals surface area contributed by atoms with Crippen molar-refractivity contribution in [3.05, 3.63) is 36.4 Å². The van der Waals surface area contributed by atoms with Crippen LogP contribution < -0.4 is 15.2 Å². The average Bonchev–Trinajstić information content (AvgIpc) is 3.36. The molecule has 3 rings (SSSR count). The number of hydrogen-bond donors (Lipinski definition) is 2. The van der Waals surface area contributed by atoms with Crippen LogP contribution in [-0.4, -0.2) is 28.1 Å². The molecule has 118 valence electrons. The van der Waals surface area contributed by atoms with Crippen LogP contribution in [0, 0.1) is 5.92 Å². The molecule has 2 aromatic rings. The Hall–Kier alpha value is -1.63. The van der Waals surface area contributed by atoms with Gasteiger partial charge in [0.25, 0.3) is 0 Å². The first-order chi connectivity index (χ1) is 10.5. The molecule has 6 heteroatoms. The first-order valence-electron chi connectivity index (χ1n) is 7.34. The van der Waals surface area contributed by atoms with Gasteiger partial charge in [-0.05, 0) is 30.9 Å². The van der Waals surface area contributed by atoms with E-state index in [4.69, 9.17) is 10.5 Å². The molecule has 0 aromatic heterocycles. The van der Waals surface area contributed by atoms with Crippen molar-refractivity contribution in [1.82, 2.24) is 4.72 Å². The molecule has 0 bridgehead atoms. The summed E-state index contributed by atoms with van der Waals surface area (Å²) >= 11 is 0. The highest BCUT2D eigenvalue weighted by molar-refractivity contribution is 7.89. The Balaban J connectivity index is 1.94. The van der Waals surface area contributed by atoms with Gasteiger partial charge in [0.1, 0.15) is 5.75 Å². The summed E-state index contributed by atoms with van der Waals surface area (Å²) in [6.07, 6.45) is 2.18. The molecule has 0 saturated heterocycles. The van der Waals surface area contributed by atoms with E-state index < -0.39 is 10.0 Å². The molecule has 1 saturated carbocycles. The molecule has 1 atom stereocenters. The first kappa shape index (κ1) is 15.3. The molecule has 5 nitrogen and oxygen atoms in total. The second-order valence-corrected chi connectivity index (χ2v) is 7.40. The Morgan fingerprint density at radius 1 is 1.23 bits per heavy atom. The third-order valence-electron chi connectivity index (χ3n) is 4.09. The molecule has 1 aliphatic rings. The number of fused-ring (bicyclic) bond motifs is 1. The molecular weight excluding hydrogens is 300 g/mol. The van der Waals surface area contributed by atoms with Crippen molar-refractivity contribution in [3.63, 3.8) is 0 Å². The van der Waals surface area contributed by atoms with Crippen LogP contribution in [0.2, 0.25) is 0 Å². The van der Waals surface area contributed by atoms with Gasteiger partial charge in [-0.25, -0.2) is 13.1 Å². The Kier molecular flexibility index (Phi) is 4.08. The van der Waals surface area contributed by atoms with E-state index in [1.807, 2.05) is 18.2 Å². The second kappa shape index (κ2) is 5.87. The molecule has 22 heavy (non-hydrogen) atoms. The summed E-state index contributed by atoms with van der Waals surface area (Å²) < 4.78 is 33.1. The molecule has 1 aliphatic carbocycles. The average molecular weight is 320 g/mol. The molecule has 0 heterocycles. The van der Waals surface area contributed by atoms with Crippen LogP contribution in [0.1, 0.15) is 12.8 Å². The van der Waals surface area contributed by atoms with Crippen molar-refractivity contribution in [2.45, 2.75) is 23.8 Å². The Morgan fingerprint density at radius 3 is 2.55 bits per heavy atom. The predicted molar refractivity (Wildman–Crippen MR) is 86.4 cm³/mol. The number of methoxy groups -OCH3 is 1. The van der Waals surface area contributed by atoms with Gasteiger partial charge in [0.05, 0.1) is 12.0 Å². The number of hydrogen-bond acceptors (Lipinski definition) is 4. The van der Waals surface area contributed by atoms with E-state index in [9.17, 15) is 8.42 Å². The van der Waals surface area contributed by atoms with Gasteiger partial charge < -0.3 is 10.5 Å². The van der Waals surface area contributed by atoms with Gasteiger partial charge >= 0.3 is 0 Å². The summed E-state index contributed by atoms with van der Waals surface area (Å²) in [4.78, 5) is 0.256. The first-order valence-corrected chi connectivity index (χ1v) is 8.82. The van der Waals surface area contributed by atoms with Crippen LogP contribution in [-0.2, 0) is 10.0 Å². The normalized spacial score (nSPS) is 16.6. The highest BCUT2D eigenvalue weighted by Gasteiger charge is 2.29. The summed E-state index contributed by atoms with van der Waals surface area (Å²) in [6, 6.07) is 10.5. The lowest BCUT2D eigenvalue weighted by molar-refractivity contribution is 0.419. The van der Waals surface area contributed by atoms with Crippen molar-refractivity contribution in [2.75, 3.05) is 13.7 Å². The van der Waals surface area contributed by atoms with Crippen molar-refractivity contribution < 1.29 is 13.2 Å². The fourth-order valence-electron chi connectivity index (χ4n) is 2.63. The summed E-state index contributed by atoms with van der Waals surface area (Å²) in [5.41, 5.74) is 5.98. The zero-order chi connectivity index (χ0) is 15.7. The van der Waals surface area contributed by atoms with E-state index >= 15 is 0 Å². The van der Waals surface area contributed by atoms with E-state index in [2.05, 4.69) is 4.72 Å².